The fourth-order valence-corrected chi connectivity index (χ4v) is 1.12. The summed E-state index contributed by atoms with van der Waals surface area (Å²) in [7, 11) is 0. The van der Waals surface area contributed by atoms with Gasteiger partial charge in [-0.15, -0.1) is 0 Å². The van der Waals surface area contributed by atoms with Crippen molar-refractivity contribution in [3.05, 3.63) is 40.3 Å². The van der Waals surface area contributed by atoms with Crippen LogP contribution in [0.1, 0.15) is 39.8 Å². The molecule has 0 spiro atoms. The van der Waals surface area contributed by atoms with Crippen LogP contribution in [0.5, 0.6) is 0 Å². The van der Waals surface area contributed by atoms with E-state index in [0.717, 1.165) is 11.0 Å². The van der Waals surface area contributed by atoms with E-state index in [9.17, 15) is 4.79 Å². The number of fused-ring (bicyclic) bond motifs is 1. The summed E-state index contributed by atoms with van der Waals surface area (Å²) in [5.74, 6) is 0. The Morgan fingerprint density at radius 1 is 1.18 bits per heavy atom. The highest BCUT2D eigenvalue weighted by Crippen LogP contribution is 2.04. The van der Waals surface area contributed by atoms with Crippen molar-refractivity contribution >= 4 is 11.0 Å². The average Bonchev–Trinajstić information content (AvgIpc) is 2.34. The summed E-state index contributed by atoms with van der Waals surface area (Å²) in [6.45, 7) is 9.95. The summed E-state index contributed by atoms with van der Waals surface area (Å²) in [5, 5.41) is 0. The van der Waals surface area contributed by atoms with E-state index in [1.807, 2.05) is 38.1 Å². The van der Waals surface area contributed by atoms with Gasteiger partial charge in [0.1, 0.15) is 5.69 Å². The van der Waals surface area contributed by atoms with Crippen LogP contribution in [0.3, 0.4) is 0 Å². The minimum absolute atomic E-state index is 0.117. The SMILES string of the molecule is CC.CCC.Cc1nc2ccccc2[nH]c1=O. The number of aryl methyl sites for hydroxylation is 1. The third-order valence-corrected chi connectivity index (χ3v) is 1.77. The number of rotatable bonds is 0. The topological polar surface area (TPSA) is 45.8 Å². The number of nitrogens with zero attached hydrogens (tertiary/aromatic N) is 1. The van der Waals surface area contributed by atoms with E-state index in [2.05, 4.69) is 23.8 Å². The Bertz CT molecular complexity index is 489. The van der Waals surface area contributed by atoms with Crippen LogP contribution < -0.4 is 5.56 Å². The number of aromatic nitrogens is 2. The molecule has 0 bridgehead atoms. The van der Waals surface area contributed by atoms with E-state index in [-0.39, 0.29) is 5.56 Å². The maximum absolute atomic E-state index is 11.1. The summed E-state index contributed by atoms with van der Waals surface area (Å²) < 4.78 is 0. The molecule has 3 heteroatoms. The minimum Gasteiger partial charge on any atom is -0.319 e. The van der Waals surface area contributed by atoms with Crippen LogP contribution in [0.2, 0.25) is 0 Å². The summed E-state index contributed by atoms with van der Waals surface area (Å²) in [4.78, 5) is 18.0. The Hall–Kier alpha value is -1.64. The lowest BCUT2D eigenvalue weighted by atomic mass is 10.3. The molecule has 2 rings (SSSR count). The largest absolute Gasteiger partial charge is 0.319 e. The predicted octanol–water partition coefficient (Wildman–Crippen LogP) is 3.67. The molecule has 0 fully saturated rings. The molecule has 0 unspecified atom stereocenters. The molecule has 1 aromatic carbocycles. The van der Waals surface area contributed by atoms with E-state index in [0.29, 0.717) is 5.69 Å². The predicted molar refractivity (Wildman–Crippen MR) is 74.4 cm³/mol. The number of H-pyrrole nitrogens is 1. The quantitative estimate of drug-likeness (QED) is 0.756. The number of para-hydroxylation sites is 2. The van der Waals surface area contributed by atoms with E-state index < -0.39 is 0 Å². The fourth-order valence-electron chi connectivity index (χ4n) is 1.12. The van der Waals surface area contributed by atoms with Gasteiger partial charge >= 0.3 is 0 Å². The van der Waals surface area contributed by atoms with Crippen molar-refractivity contribution in [2.45, 2.75) is 41.0 Å². The first-order chi connectivity index (χ1) is 8.19. The Morgan fingerprint density at radius 3 is 2.29 bits per heavy atom. The first kappa shape index (κ1) is 15.4. The van der Waals surface area contributed by atoms with Crippen LogP contribution in [0.15, 0.2) is 29.1 Å². The third-order valence-electron chi connectivity index (χ3n) is 1.77. The molecule has 17 heavy (non-hydrogen) atoms. The molecule has 0 atom stereocenters. The highest BCUT2D eigenvalue weighted by molar-refractivity contribution is 5.73. The highest BCUT2D eigenvalue weighted by Gasteiger charge is 1.97. The molecule has 0 aliphatic heterocycles. The van der Waals surface area contributed by atoms with Gasteiger partial charge in [-0.1, -0.05) is 46.2 Å². The molecule has 1 aromatic heterocycles. The molecule has 1 heterocycles. The number of hydrogen-bond acceptors (Lipinski definition) is 2. The molecule has 3 nitrogen and oxygen atoms in total. The standard InChI is InChI=1S/C9H8N2O.C3H8.C2H6/c1-6-9(12)11-8-5-3-2-4-7(8)10-6;1-3-2;1-2/h2-5H,1H3,(H,11,12);3H2,1-2H3;1-2H3. The van der Waals surface area contributed by atoms with Crippen LogP contribution in [-0.2, 0) is 0 Å². The zero-order valence-corrected chi connectivity index (χ0v) is 11.4. The van der Waals surface area contributed by atoms with Crippen molar-refractivity contribution in [3.8, 4) is 0 Å². The molecule has 2 aromatic rings. The van der Waals surface area contributed by atoms with Gasteiger partial charge in [-0.2, -0.15) is 0 Å². The van der Waals surface area contributed by atoms with E-state index in [1.165, 1.54) is 6.42 Å². The number of benzene rings is 1. The molecular formula is C14H22N2O. The maximum atomic E-state index is 11.1. The Morgan fingerprint density at radius 2 is 1.71 bits per heavy atom. The molecule has 0 amide bonds. The van der Waals surface area contributed by atoms with Crippen LogP contribution in [0.4, 0.5) is 0 Å². The number of hydrogen-bond donors (Lipinski definition) is 1. The van der Waals surface area contributed by atoms with Crippen LogP contribution >= 0.6 is 0 Å². The van der Waals surface area contributed by atoms with Crippen molar-refractivity contribution < 1.29 is 0 Å². The summed E-state index contributed by atoms with van der Waals surface area (Å²) in [6, 6.07) is 7.48. The van der Waals surface area contributed by atoms with E-state index in [4.69, 9.17) is 0 Å². The second kappa shape index (κ2) is 8.50. The molecule has 0 saturated carbocycles. The lowest BCUT2D eigenvalue weighted by molar-refractivity contribution is 1.09. The summed E-state index contributed by atoms with van der Waals surface area (Å²) in [5.41, 5.74) is 2.00. The highest BCUT2D eigenvalue weighted by atomic mass is 16.1. The van der Waals surface area contributed by atoms with Gasteiger partial charge < -0.3 is 4.98 Å². The lowest BCUT2D eigenvalue weighted by Gasteiger charge is -1.96. The molecular weight excluding hydrogens is 212 g/mol. The second-order valence-electron chi connectivity index (χ2n) is 3.38. The smallest absolute Gasteiger partial charge is 0.269 e. The van der Waals surface area contributed by atoms with Gasteiger partial charge in [0.05, 0.1) is 11.0 Å². The Labute approximate surface area is 103 Å². The van der Waals surface area contributed by atoms with Crippen molar-refractivity contribution in [1.82, 2.24) is 9.97 Å². The first-order valence-electron chi connectivity index (χ1n) is 6.14. The van der Waals surface area contributed by atoms with Crippen LogP contribution in [0, 0.1) is 6.92 Å². The third kappa shape index (κ3) is 4.81. The molecule has 0 aliphatic rings. The number of aromatic amines is 1. The lowest BCUT2D eigenvalue weighted by Crippen LogP contribution is -2.11. The van der Waals surface area contributed by atoms with Gasteiger partial charge in [-0.25, -0.2) is 4.98 Å². The second-order valence-corrected chi connectivity index (χ2v) is 3.38. The van der Waals surface area contributed by atoms with Gasteiger partial charge in [-0.05, 0) is 19.1 Å². The zero-order valence-electron chi connectivity index (χ0n) is 11.4. The van der Waals surface area contributed by atoms with Crippen LogP contribution in [-0.4, -0.2) is 9.97 Å². The van der Waals surface area contributed by atoms with Gasteiger partial charge in [0.25, 0.3) is 5.56 Å². The average molecular weight is 234 g/mol. The van der Waals surface area contributed by atoms with Gasteiger partial charge in [0.15, 0.2) is 0 Å². The first-order valence-corrected chi connectivity index (χ1v) is 6.14. The normalized spacial score (nSPS) is 8.76. The molecule has 0 aliphatic carbocycles. The van der Waals surface area contributed by atoms with Crippen molar-refractivity contribution in [1.29, 1.82) is 0 Å². The molecule has 0 radical (unpaired) electrons. The molecule has 1 N–H and O–H groups in total. The number of nitrogens with one attached hydrogen (secondary N) is 1. The van der Waals surface area contributed by atoms with Crippen molar-refractivity contribution in [2.75, 3.05) is 0 Å². The fraction of sp³-hybridized carbons (Fsp3) is 0.429. The van der Waals surface area contributed by atoms with Gasteiger partial charge in [-0.3, -0.25) is 4.79 Å². The van der Waals surface area contributed by atoms with Crippen LogP contribution in [0.25, 0.3) is 11.0 Å². The Kier molecular flexibility index (Phi) is 7.68. The van der Waals surface area contributed by atoms with E-state index in [1.54, 1.807) is 6.92 Å². The van der Waals surface area contributed by atoms with E-state index >= 15 is 0 Å². The van der Waals surface area contributed by atoms with Crippen molar-refractivity contribution in [2.24, 2.45) is 0 Å². The molecule has 94 valence electrons. The summed E-state index contributed by atoms with van der Waals surface area (Å²) in [6.07, 6.45) is 1.25. The van der Waals surface area contributed by atoms with Gasteiger partial charge in [0, 0.05) is 0 Å². The maximum Gasteiger partial charge on any atom is 0.269 e. The van der Waals surface area contributed by atoms with Gasteiger partial charge in [0.2, 0.25) is 0 Å². The monoisotopic (exact) mass is 234 g/mol. The summed E-state index contributed by atoms with van der Waals surface area (Å²) >= 11 is 0. The zero-order chi connectivity index (χ0) is 13.3. The molecule has 0 saturated heterocycles. The van der Waals surface area contributed by atoms with Crippen molar-refractivity contribution in [3.63, 3.8) is 0 Å². The minimum atomic E-state index is -0.117. The Balaban J connectivity index is 0.000000450.